The first kappa shape index (κ1) is 15.2. The van der Waals surface area contributed by atoms with Gasteiger partial charge in [0.2, 0.25) is 0 Å². The molecule has 1 heterocycles. The summed E-state index contributed by atoms with van der Waals surface area (Å²) in [4.78, 5) is 0. The van der Waals surface area contributed by atoms with Crippen LogP contribution in [0.2, 0.25) is 0 Å². The number of rotatable bonds is 5. The Bertz CT molecular complexity index is 578. The summed E-state index contributed by atoms with van der Waals surface area (Å²) in [6, 6.07) is 6.76. The molecular formula is C15H19BrFN3. The Labute approximate surface area is 127 Å². The highest BCUT2D eigenvalue weighted by atomic mass is 79.9. The SMILES string of the molecule is CCn1nc(C)c(Br)c1CN[C@H](C)c1ccc(F)cc1. The number of nitrogens with zero attached hydrogens (tertiary/aromatic N) is 2. The van der Waals surface area contributed by atoms with Crippen LogP contribution in [-0.2, 0) is 13.1 Å². The molecule has 0 radical (unpaired) electrons. The van der Waals surface area contributed by atoms with Crippen LogP contribution in [0.25, 0.3) is 0 Å². The van der Waals surface area contributed by atoms with Gasteiger partial charge < -0.3 is 5.32 Å². The molecule has 0 spiro atoms. The zero-order chi connectivity index (χ0) is 14.7. The van der Waals surface area contributed by atoms with E-state index in [1.54, 1.807) is 0 Å². The van der Waals surface area contributed by atoms with Crippen molar-refractivity contribution in [2.24, 2.45) is 0 Å². The minimum Gasteiger partial charge on any atom is -0.305 e. The van der Waals surface area contributed by atoms with Crippen molar-refractivity contribution in [1.82, 2.24) is 15.1 Å². The van der Waals surface area contributed by atoms with E-state index in [1.165, 1.54) is 12.1 Å². The normalized spacial score (nSPS) is 12.7. The van der Waals surface area contributed by atoms with Gasteiger partial charge in [-0.2, -0.15) is 5.10 Å². The Balaban J connectivity index is 2.07. The second kappa shape index (κ2) is 6.50. The first-order valence-corrected chi connectivity index (χ1v) is 7.52. The molecule has 1 aromatic carbocycles. The Kier molecular flexibility index (Phi) is 4.94. The summed E-state index contributed by atoms with van der Waals surface area (Å²) in [5.41, 5.74) is 3.21. The molecule has 0 aliphatic heterocycles. The number of aryl methyl sites for hydroxylation is 2. The summed E-state index contributed by atoms with van der Waals surface area (Å²) >= 11 is 3.58. The first-order valence-electron chi connectivity index (χ1n) is 6.73. The van der Waals surface area contributed by atoms with Crippen LogP contribution in [0.1, 0.15) is 36.8 Å². The molecule has 1 N–H and O–H groups in total. The molecule has 5 heteroatoms. The minimum absolute atomic E-state index is 0.156. The molecule has 0 saturated carbocycles. The lowest BCUT2D eigenvalue weighted by molar-refractivity contribution is 0.529. The van der Waals surface area contributed by atoms with E-state index in [2.05, 4.69) is 40.2 Å². The molecule has 20 heavy (non-hydrogen) atoms. The molecule has 2 aromatic rings. The molecule has 108 valence electrons. The van der Waals surface area contributed by atoms with E-state index in [4.69, 9.17) is 0 Å². The highest BCUT2D eigenvalue weighted by Crippen LogP contribution is 2.22. The molecule has 0 bridgehead atoms. The van der Waals surface area contributed by atoms with Crippen molar-refractivity contribution in [3.05, 3.63) is 51.5 Å². The second-order valence-electron chi connectivity index (χ2n) is 4.82. The van der Waals surface area contributed by atoms with Crippen LogP contribution in [0.15, 0.2) is 28.7 Å². The Morgan fingerprint density at radius 2 is 2.00 bits per heavy atom. The van der Waals surface area contributed by atoms with Gasteiger partial charge in [-0.25, -0.2) is 4.39 Å². The van der Waals surface area contributed by atoms with E-state index >= 15 is 0 Å². The third-order valence-corrected chi connectivity index (χ3v) is 4.43. The largest absolute Gasteiger partial charge is 0.305 e. The van der Waals surface area contributed by atoms with Gasteiger partial charge in [0.15, 0.2) is 0 Å². The fourth-order valence-corrected chi connectivity index (χ4v) is 2.58. The molecular weight excluding hydrogens is 321 g/mol. The fraction of sp³-hybridized carbons (Fsp3) is 0.400. The Hall–Kier alpha value is -1.20. The molecule has 0 unspecified atom stereocenters. The summed E-state index contributed by atoms with van der Waals surface area (Å²) in [5.74, 6) is -0.205. The van der Waals surface area contributed by atoms with E-state index in [0.29, 0.717) is 6.54 Å². The van der Waals surface area contributed by atoms with E-state index in [0.717, 1.165) is 28.0 Å². The number of nitrogens with one attached hydrogen (secondary N) is 1. The van der Waals surface area contributed by atoms with Gasteiger partial charge in [-0.1, -0.05) is 12.1 Å². The number of aromatic nitrogens is 2. The van der Waals surface area contributed by atoms with Gasteiger partial charge in [-0.3, -0.25) is 4.68 Å². The minimum atomic E-state index is -0.205. The summed E-state index contributed by atoms with van der Waals surface area (Å²) in [5, 5.41) is 7.92. The van der Waals surface area contributed by atoms with Gasteiger partial charge in [-0.15, -0.1) is 0 Å². The number of hydrogen-bond donors (Lipinski definition) is 1. The second-order valence-corrected chi connectivity index (χ2v) is 5.61. The average molecular weight is 340 g/mol. The molecule has 0 amide bonds. The molecule has 0 saturated heterocycles. The molecule has 0 aliphatic carbocycles. The van der Waals surface area contributed by atoms with Crippen LogP contribution in [0.3, 0.4) is 0 Å². The molecule has 1 aromatic heterocycles. The molecule has 2 rings (SSSR count). The van der Waals surface area contributed by atoms with Crippen molar-refractivity contribution in [3.63, 3.8) is 0 Å². The molecule has 1 atom stereocenters. The number of hydrogen-bond acceptors (Lipinski definition) is 2. The van der Waals surface area contributed by atoms with E-state index < -0.39 is 0 Å². The zero-order valence-electron chi connectivity index (χ0n) is 12.0. The Morgan fingerprint density at radius 1 is 1.35 bits per heavy atom. The zero-order valence-corrected chi connectivity index (χ0v) is 13.5. The van der Waals surface area contributed by atoms with Gasteiger partial charge in [0.05, 0.1) is 15.9 Å². The van der Waals surface area contributed by atoms with Crippen molar-refractivity contribution in [1.29, 1.82) is 0 Å². The van der Waals surface area contributed by atoms with Crippen molar-refractivity contribution in [2.75, 3.05) is 0 Å². The van der Waals surface area contributed by atoms with Crippen LogP contribution < -0.4 is 5.32 Å². The fourth-order valence-electron chi connectivity index (χ4n) is 2.16. The number of benzene rings is 1. The van der Waals surface area contributed by atoms with Crippen LogP contribution in [0.4, 0.5) is 4.39 Å². The number of halogens is 2. The van der Waals surface area contributed by atoms with Gasteiger partial charge in [0.25, 0.3) is 0 Å². The van der Waals surface area contributed by atoms with Crippen LogP contribution >= 0.6 is 15.9 Å². The predicted molar refractivity (Wildman–Crippen MR) is 82.0 cm³/mol. The van der Waals surface area contributed by atoms with Crippen molar-refractivity contribution in [2.45, 2.75) is 39.9 Å². The Morgan fingerprint density at radius 3 is 2.60 bits per heavy atom. The van der Waals surface area contributed by atoms with E-state index in [9.17, 15) is 4.39 Å². The summed E-state index contributed by atoms with van der Waals surface area (Å²) in [7, 11) is 0. The summed E-state index contributed by atoms with van der Waals surface area (Å²) < 4.78 is 16.0. The van der Waals surface area contributed by atoms with Crippen molar-refractivity contribution >= 4 is 15.9 Å². The standard InChI is InChI=1S/C15H19BrFN3/c1-4-20-14(15(16)11(3)19-20)9-18-10(2)12-5-7-13(17)8-6-12/h5-8,10,18H,4,9H2,1-3H3/t10-/m1/s1. The van der Waals surface area contributed by atoms with Gasteiger partial charge in [0.1, 0.15) is 5.82 Å². The van der Waals surface area contributed by atoms with Gasteiger partial charge in [0, 0.05) is 19.1 Å². The van der Waals surface area contributed by atoms with Gasteiger partial charge >= 0.3 is 0 Å². The van der Waals surface area contributed by atoms with Crippen molar-refractivity contribution in [3.8, 4) is 0 Å². The highest BCUT2D eigenvalue weighted by molar-refractivity contribution is 9.10. The van der Waals surface area contributed by atoms with Crippen molar-refractivity contribution < 1.29 is 4.39 Å². The first-order chi connectivity index (χ1) is 9.52. The third-order valence-electron chi connectivity index (χ3n) is 3.40. The molecule has 3 nitrogen and oxygen atoms in total. The smallest absolute Gasteiger partial charge is 0.123 e. The lowest BCUT2D eigenvalue weighted by atomic mass is 10.1. The summed E-state index contributed by atoms with van der Waals surface area (Å²) in [6.45, 7) is 7.69. The molecule has 0 fully saturated rings. The van der Waals surface area contributed by atoms with Crippen LogP contribution in [0.5, 0.6) is 0 Å². The van der Waals surface area contributed by atoms with E-state index in [-0.39, 0.29) is 11.9 Å². The maximum Gasteiger partial charge on any atom is 0.123 e. The average Bonchev–Trinajstić information content (AvgIpc) is 2.72. The lowest BCUT2D eigenvalue weighted by Gasteiger charge is -2.15. The lowest BCUT2D eigenvalue weighted by Crippen LogP contribution is -2.20. The summed E-state index contributed by atoms with van der Waals surface area (Å²) in [6.07, 6.45) is 0. The van der Waals surface area contributed by atoms with E-state index in [1.807, 2.05) is 23.7 Å². The maximum atomic E-state index is 12.9. The molecule has 0 aliphatic rings. The predicted octanol–water partition coefficient (Wildman–Crippen LogP) is 3.96. The maximum absolute atomic E-state index is 12.9. The topological polar surface area (TPSA) is 29.9 Å². The van der Waals surface area contributed by atoms with Crippen LogP contribution in [0, 0.1) is 12.7 Å². The highest BCUT2D eigenvalue weighted by Gasteiger charge is 2.13. The quantitative estimate of drug-likeness (QED) is 0.893. The van der Waals surface area contributed by atoms with Crippen LogP contribution in [-0.4, -0.2) is 9.78 Å². The third kappa shape index (κ3) is 3.27. The monoisotopic (exact) mass is 339 g/mol. The van der Waals surface area contributed by atoms with Gasteiger partial charge in [-0.05, 0) is 54.4 Å².